The number of Topliss-reactive ketones (excluding diaryl/α,β-unsaturated/α-hetero) is 1. The summed E-state index contributed by atoms with van der Waals surface area (Å²) in [5, 5.41) is 33.1. The van der Waals surface area contributed by atoms with E-state index in [1.165, 1.54) is 18.2 Å². The number of carbonyl (C=O) groups excluding carboxylic acids is 2. The second-order valence-corrected chi connectivity index (χ2v) is 15.2. The summed E-state index contributed by atoms with van der Waals surface area (Å²) in [6.07, 6.45) is 0.808. The van der Waals surface area contributed by atoms with Crippen molar-refractivity contribution < 1.29 is 38.5 Å². The number of hydroxylamine groups is 2. The van der Waals surface area contributed by atoms with Crippen molar-refractivity contribution in [2.75, 3.05) is 13.2 Å². The van der Waals surface area contributed by atoms with Gasteiger partial charge in [-0.15, -0.1) is 11.8 Å². The Bertz CT molecular complexity index is 1620. The Hall–Kier alpha value is -2.89. The molecule has 0 amide bonds. The number of fused-ring (bicyclic) bond motifs is 7. The first-order valence-corrected chi connectivity index (χ1v) is 16.9. The van der Waals surface area contributed by atoms with Gasteiger partial charge in [-0.25, -0.2) is 8.78 Å². The van der Waals surface area contributed by atoms with E-state index >= 15 is 8.78 Å². The summed E-state index contributed by atoms with van der Waals surface area (Å²) >= 11 is 1.66. The SMILES string of the molecule is C[C@]12C=CC(=O)C=C1[C@@H](F)C[C@H]1[C@@H]3C[C@H]4CN(Cc5ccc(CSc6ccc(O)cc6)cc5)O[C@@]4(C(=O)CO)[C@@]3(C)C[C@H](O)[C@@]12F. The Morgan fingerprint density at radius 1 is 1.07 bits per heavy atom. The molecule has 5 aliphatic rings. The highest BCUT2D eigenvalue weighted by Crippen LogP contribution is 2.72. The van der Waals surface area contributed by atoms with E-state index in [2.05, 4.69) is 0 Å². The number of carbonyl (C=O) groups is 2. The van der Waals surface area contributed by atoms with E-state index in [1.807, 2.05) is 43.3 Å². The normalized spacial score (nSPS) is 39.7. The second kappa shape index (κ2) is 11.1. The molecule has 2 aromatic rings. The lowest BCUT2D eigenvalue weighted by atomic mass is 9.44. The van der Waals surface area contributed by atoms with Crippen LogP contribution in [0.2, 0.25) is 0 Å². The minimum absolute atomic E-state index is 0.0631. The van der Waals surface area contributed by atoms with Gasteiger partial charge in [0.15, 0.2) is 22.8 Å². The fraction of sp³-hybridized carbons (Fsp3) is 0.500. The first kappa shape index (κ1) is 31.7. The van der Waals surface area contributed by atoms with E-state index in [1.54, 1.807) is 35.9 Å². The average molecular weight is 652 g/mol. The minimum atomic E-state index is -2.24. The number of allylic oxidation sites excluding steroid dienone is 4. The Kier molecular flexibility index (Phi) is 7.64. The van der Waals surface area contributed by atoms with Crippen LogP contribution in [-0.2, 0) is 26.7 Å². The van der Waals surface area contributed by atoms with Gasteiger partial charge in [0.05, 0.1) is 6.10 Å². The van der Waals surface area contributed by atoms with Gasteiger partial charge in [-0.3, -0.25) is 14.4 Å². The molecule has 10 heteroatoms. The fourth-order valence-corrected chi connectivity index (χ4v) is 10.5. The third-order valence-electron chi connectivity index (χ3n) is 11.9. The van der Waals surface area contributed by atoms with E-state index in [-0.39, 0.29) is 30.1 Å². The Balaban J connectivity index is 1.12. The summed E-state index contributed by atoms with van der Waals surface area (Å²) in [7, 11) is 0. The van der Waals surface area contributed by atoms with E-state index in [4.69, 9.17) is 4.84 Å². The van der Waals surface area contributed by atoms with Crippen LogP contribution in [-0.4, -0.2) is 68.6 Å². The van der Waals surface area contributed by atoms with E-state index < -0.39 is 64.4 Å². The van der Waals surface area contributed by atoms with Gasteiger partial charge >= 0.3 is 0 Å². The van der Waals surface area contributed by atoms with Crippen molar-refractivity contribution in [3.8, 4) is 5.75 Å². The monoisotopic (exact) mass is 651 g/mol. The molecule has 3 N–H and O–H groups in total. The number of rotatable bonds is 7. The number of phenolic OH excluding ortho intramolecular Hbond substituents is 1. The molecular formula is C36H39F2NO6S. The molecule has 1 aliphatic heterocycles. The van der Waals surface area contributed by atoms with Gasteiger partial charge in [0.2, 0.25) is 0 Å². The Morgan fingerprint density at radius 2 is 1.76 bits per heavy atom. The molecule has 7 rings (SSSR count). The number of hydrogen-bond donors (Lipinski definition) is 3. The standard InChI is InChI=1S/C36H39F2NO6S/c1-33-12-11-25(42)14-29(33)30(37)15-28-27-13-23-18-39(45-36(23,32(44)19-40)34(27,2)16-31(43)35(28,33)38)17-21-3-5-22(6-4-21)20-46-26-9-7-24(41)8-10-26/h3-12,14,23,27-28,30-31,40-41,43H,13,15-20H2,1-2H3/t23-,27-,28-,30-,31-,33-,34-,35-,36-/m0/s1. The smallest absolute Gasteiger partial charge is 0.192 e. The lowest BCUT2D eigenvalue weighted by Gasteiger charge is -2.63. The second-order valence-electron chi connectivity index (χ2n) is 14.1. The predicted molar refractivity (Wildman–Crippen MR) is 168 cm³/mol. The van der Waals surface area contributed by atoms with Crippen LogP contribution in [0, 0.1) is 28.6 Å². The number of aliphatic hydroxyl groups is 2. The van der Waals surface area contributed by atoms with Gasteiger partial charge < -0.3 is 15.3 Å². The largest absolute Gasteiger partial charge is 0.508 e. The summed E-state index contributed by atoms with van der Waals surface area (Å²) < 4.78 is 33.4. The Morgan fingerprint density at radius 3 is 2.46 bits per heavy atom. The molecule has 0 radical (unpaired) electrons. The number of ketones is 2. The number of nitrogens with zero attached hydrogens (tertiary/aromatic N) is 1. The molecule has 1 heterocycles. The molecule has 0 aromatic heterocycles. The molecule has 244 valence electrons. The molecule has 4 fully saturated rings. The minimum Gasteiger partial charge on any atom is -0.508 e. The molecule has 1 saturated heterocycles. The molecule has 9 atom stereocenters. The molecule has 4 aliphatic carbocycles. The topological polar surface area (TPSA) is 107 Å². The molecule has 7 nitrogen and oxygen atoms in total. The summed E-state index contributed by atoms with van der Waals surface area (Å²) in [6.45, 7) is 3.39. The number of benzene rings is 2. The quantitative estimate of drug-likeness (QED) is 0.348. The third kappa shape index (κ3) is 4.44. The van der Waals surface area contributed by atoms with Crippen LogP contribution in [0.25, 0.3) is 0 Å². The summed E-state index contributed by atoms with van der Waals surface area (Å²) in [5.74, 6) is -1.72. The molecule has 46 heavy (non-hydrogen) atoms. The Labute approximate surface area is 271 Å². The van der Waals surface area contributed by atoms with Crippen LogP contribution in [0.15, 0.2) is 77.2 Å². The number of hydrogen-bond acceptors (Lipinski definition) is 8. The molecule has 2 aromatic carbocycles. The van der Waals surface area contributed by atoms with Crippen LogP contribution in [0.5, 0.6) is 5.75 Å². The highest BCUT2D eigenvalue weighted by atomic mass is 32.2. The van der Waals surface area contributed by atoms with E-state index in [0.717, 1.165) is 21.8 Å². The van der Waals surface area contributed by atoms with Crippen LogP contribution >= 0.6 is 11.8 Å². The van der Waals surface area contributed by atoms with Crippen LogP contribution < -0.4 is 0 Å². The lowest BCUT2D eigenvalue weighted by Crippen LogP contribution is -2.70. The van der Waals surface area contributed by atoms with Gasteiger partial charge in [-0.1, -0.05) is 37.3 Å². The maximum Gasteiger partial charge on any atom is 0.192 e. The van der Waals surface area contributed by atoms with Gasteiger partial charge in [-0.05, 0) is 85.2 Å². The molecular weight excluding hydrogens is 612 g/mol. The van der Waals surface area contributed by atoms with Gasteiger partial charge in [0.1, 0.15) is 18.5 Å². The van der Waals surface area contributed by atoms with Crippen molar-refractivity contribution in [3.63, 3.8) is 0 Å². The van der Waals surface area contributed by atoms with Crippen molar-refractivity contribution in [1.29, 1.82) is 0 Å². The maximum absolute atomic E-state index is 17.6. The van der Waals surface area contributed by atoms with Crippen molar-refractivity contribution in [2.45, 2.75) is 73.8 Å². The molecule has 3 saturated carbocycles. The molecule has 0 bridgehead atoms. The van der Waals surface area contributed by atoms with E-state index in [9.17, 15) is 24.9 Å². The van der Waals surface area contributed by atoms with Gasteiger partial charge in [0, 0.05) is 46.4 Å². The first-order valence-electron chi connectivity index (χ1n) is 15.9. The number of thioether (sulfide) groups is 1. The predicted octanol–water partition coefficient (Wildman–Crippen LogP) is 5.28. The highest BCUT2D eigenvalue weighted by Gasteiger charge is 2.79. The number of phenols is 1. The lowest BCUT2D eigenvalue weighted by molar-refractivity contribution is -0.269. The summed E-state index contributed by atoms with van der Waals surface area (Å²) in [6, 6.07) is 15.2. The van der Waals surface area contributed by atoms with E-state index in [0.29, 0.717) is 19.5 Å². The maximum atomic E-state index is 17.6. The molecule has 0 spiro atoms. The zero-order valence-electron chi connectivity index (χ0n) is 25.9. The highest BCUT2D eigenvalue weighted by molar-refractivity contribution is 7.98. The zero-order valence-corrected chi connectivity index (χ0v) is 26.7. The van der Waals surface area contributed by atoms with Crippen LogP contribution in [0.1, 0.15) is 44.2 Å². The fourth-order valence-electron chi connectivity index (χ4n) is 9.69. The third-order valence-corrected chi connectivity index (χ3v) is 12.9. The van der Waals surface area contributed by atoms with Crippen LogP contribution in [0.3, 0.4) is 0 Å². The zero-order chi connectivity index (χ0) is 32.6. The van der Waals surface area contributed by atoms with Crippen molar-refractivity contribution >= 4 is 23.3 Å². The first-order chi connectivity index (χ1) is 21.9. The summed E-state index contributed by atoms with van der Waals surface area (Å²) in [4.78, 5) is 33.5. The van der Waals surface area contributed by atoms with Gasteiger partial charge in [0.25, 0.3) is 0 Å². The van der Waals surface area contributed by atoms with Crippen molar-refractivity contribution in [1.82, 2.24) is 5.06 Å². The average Bonchev–Trinajstić information content (AvgIpc) is 3.51. The van der Waals surface area contributed by atoms with Crippen LogP contribution in [0.4, 0.5) is 8.78 Å². The van der Waals surface area contributed by atoms with Gasteiger partial charge in [-0.2, -0.15) is 5.06 Å². The number of aromatic hydroxyl groups is 1. The van der Waals surface area contributed by atoms with Crippen molar-refractivity contribution in [3.05, 3.63) is 83.5 Å². The number of alkyl halides is 2. The number of halogens is 2. The number of aliphatic hydroxyl groups excluding tert-OH is 2. The molecule has 0 unspecified atom stereocenters. The van der Waals surface area contributed by atoms with Crippen molar-refractivity contribution in [2.24, 2.45) is 28.6 Å². The summed E-state index contributed by atoms with van der Waals surface area (Å²) in [5.41, 5.74) is -4.14.